The third-order valence-electron chi connectivity index (χ3n) is 2.98. The summed E-state index contributed by atoms with van der Waals surface area (Å²) < 4.78 is 18.3. The Morgan fingerprint density at radius 1 is 1.45 bits per heavy atom. The molecule has 9 heteroatoms. The second kappa shape index (κ2) is 6.14. The van der Waals surface area contributed by atoms with Crippen LogP contribution < -0.4 is 0 Å². The van der Waals surface area contributed by atoms with Gasteiger partial charge in [-0.3, -0.25) is 9.89 Å². The number of hydrogen-bond acceptors (Lipinski definition) is 6. The van der Waals surface area contributed by atoms with Crippen molar-refractivity contribution in [2.24, 2.45) is 0 Å². The maximum atomic E-state index is 13.6. The number of cyclic esters (lactones) is 1. The van der Waals surface area contributed by atoms with E-state index in [1.54, 1.807) is 18.2 Å². The minimum atomic E-state index is -0.632. The number of nitrogens with zero attached hydrogens (tertiary/aromatic N) is 3. The third kappa shape index (κ3) is 2.93. The van der Waals surface area contributed by atoms with Gasteiger partial charge < -0.3 is 4.74 Å². The Morgan fingerprint density at radius 2 is 2.27 bits per heavy atom. The summed E-state index contributed by atoms with van der Waals surface area (Å²) in [6, 6.07) is 6.18. The highest BCUT2D eigenvalue weighted by Crippen LogP contribution is 2.22. The molecule has 0 aliphatic carbocycles. The Kier molecular flexibility index (Phi) is 4.05. The van der Waals surface area contributed by atoms with Crippen LogP contribution in [0.5, 0.6) is 0 Å². The lowest BCUT2D eigenvalue weighted by atomic mass is 10.2. The summed E-state index contributed by atoms with van der Waals surface area (Å²) in [6.07, 6.45) is -0.632. The molecule has 0 unspecified atom stereocenters. The van der Waals surface area contributed by atoms with E-state index >= 15 is 0 Å². The van der Waals surface area contributed by atoms with E-state index in [4.69, 9.17) is 4.74 Å². The normalized spacial score (nSPS) is 14.2. The first-order chi connectivity index (χ1) is 10.6. The molecule has 0 bridgehead atoms. The monoisotopic (exact) mass is 322 g/mol. The van der Waals surface area contributed by atoms with E-state index in [2.05, 4.69) is 15.2 Å². The van der Waals surface area contributed by atoms with Gasteiger partial charge in [-0.05, 0) is 12.1 Å². The summed E-state index contributed by atoms with van der Waals surface area (Å²) in [4.78, 5) is 28.3. The Labute approximate surface area is 128 Å². The number of hydrogen-bond donors (Lipinski definition) is 1. The second-order valence-electron chi connectivity index (χ2n) is 4.39. The van der Waals surface area contributed by atoms with Crippen LogP contribution in [0.25, 0.3) is 11.4 Å². The molecule has 114 valence electrons. The van der Waals surface area contributed by atoms with Crippen molar-refractivity contribution in [3.05, 3.63) is 30.1 Å². The lowest BCUT2D eigenvalue weighted by Gasteiger charge is -2.08. The minimum Gasteiger partial charge on any atom is -0.447 e. The van der Waals surface area contributed by atoms with Crippen molar-refractivity contribution in [1.82, 2.24) is 20.1 Å². The number of benzene rings is 1. The van der Waals surface area contributed by atoms with E-state index in [9.17, 15) is 14.0 Å². The second-order valence-corrected chi connectivity index (χ2v) is 5.34. The number of H-pyrrole nitrogens is 1. The molecule has 2 heterocycles. The smallest absolute Gasteiger partial charge is 0.416 e. The van der Waals surface area contributed by atoms with Gasteiger partial charge in [0.1, 0.15) is 12.4 Å². The number of aromatic nitrogens is 3. The molecule has 1 aliphatic rings. The van der Waals surface area contributed by atoms with Crippen LogP contribution in [0.1, 0.15) is 0 Å². The van der Waals surface area contributed by atoms with Crippen LogP contribution in [0, 0.1) is 5.82 Å². The van der Waals surface area contributed by atoms with Gasteiger partial charge in [-0.25, -0.2) is 19.1 Å². The first-order valence-electron chi connectivity index (χ1n) is 6.42. The molecule has 3 rings (SSSR count). The molecule has 0 spiro atoms. The molecule has 1 saturated heterocycles. The average molecular weight is 322 g/mol. The van der Waals surface area contributed by atoms with Crippen molar-refractivity contribution in [2.45, 2.75) is 5.16 Å². The van der Waals surface area contributed by atoms with Crippen LogP contribution >= 0.6 is 11.8 Å². The van der Waals surface area contributed by atoms with Gasteiger partial charge in [0, 0.05) is 0 Å². The van der Waals surface area contributed by atoms with Gasteiger partial charge in [-0.1, -0.05) is 23.9 Å². The molecular formula is C13H11FN4O3S. The average Bonchev–Trinajstić information content (AvgIpc) is 3.14. The lowest BCUT2D eigenvalue weighted by molar-refractivity contribution is -0.125. The topological polar surface area (TPSA) is 88.2 Å². The minimum absolute atomic E-state index is 0.00364. The van der Waals surface area contributed by atoms with Crippen LogP contribution in [-0.4, -0.2) is 51.0 Å². The fourth-order valence-electron chi connectivity index (χ4n) is 1.91. The van der Waals surface area contributed by atoms with Crippen LogP contribution in [0.4, 0.5) is 9.18 Å². The van der Waals surface area contributed by atoms with E-state index in [-0.39, 0.29) is 30.6 Å². The molecule has 1 N–H and O–H groups in total. The number of carbonyl (C=O) groups excluding carboxylic acids is 2. The van der Waals surface area contributed by atoms with E-state index in [0.29, 0.717) is 10.7 Å². The van der Waals surface area contributed by atoms with Crippen LogP contribution in [-0.2, 0) is 9.53 Å². The van der Waals surface area contributed by atoms with Gasteiger partial charge in [-0.15, -0.1) is 5.10 Å². The first kappa shape index (κ1) is 14.5. The number of carbonyl (C=O) groups is 2. The fourth-order valence-corrected chi connectivity index (χ4v) is 2.58. The number of ether oxygens (including phenoxy) is 1. The Morgan fingerprint density at radius 3 is 3.00 bits per heavy atom. The molecule has 0 radical (unpaired) electrons. The highest BCUT2D eigenvalue weighted by molar-refractivity contribution is 7.99. The molecule has 1 aliphatic heterocycles. The maximum Gasteiger partial charge on any atom is 0.416 e. The molecule has 22 heavy (non-hydrogen) atoms. The summed E-state index contributed by atoms with van der Waals surface area (Å²) in [5.41, 5.74) is 0.302. The number of amides is 2. The van der Waals surface area contributed by atoms with Gasteiger partial charge >= 0.3 is 6.09 Å². The Hall–Kier alpha value is -2.42. The quantitative estimate of drug-likeness (QED) is 0.862. The lowest BCUT2D eigenvalue weighted by Crippen LogP contribution is -2.33. The zero-order valence-corrected chi connectivity index (χ0v) is 12.1. The molecule has 2 aromatic rings. The Bertz CT molecular complexity index is 721. The van der Waals surface area contributed by atoms with E-state index < -0.39 is 11.9 Å². The predicted molar refractivity (Wildman–Crippen MR) is 75.6 cm³/mol. The molecule has 0 saturated carbocycles. The standard InChI is InChI=1S/C13H11FN4O3S/c14-9-4-2-1-3-8(9)11-15-12(17-16-11)22-7-10(19)18-5-6-21-13(18)20/h1-4H,5-7H2,(H,15,16,17). The maximum absolute atomic E-state index is 13.6. The van der Waals surface area contributed by atoms with E-state index in [1.807, 2.05) is 0 Å². The van der Waals surface area contributed by atoms with Crippen molar-refractivity contribution >= 4 is 23.8 Å². The summed E-state index contributed by atoms with van der Waals surface area (Å²) in [5.74, 6) is -0.492. The molecular weight excluding hydrogens is 311 g/mol. The zero-order valence-electron chi connectivity index (χ0n) is 11.3. The van der Waals surface area contributed by atoms with Crippen LogP contribution in [0.15, 0.2) is 29.4 Å². The summed E-state index contributed by atoms with van der Waals surface area (Å²) >= 11 is 1.06. The van der Waals surface area contributed by atoms with Crippen molar-refractivity contribution in [3.8, 4) is 11.4 Å². The SMILES string of the molecule is O=C(CSc1n[nH]c(-c2ccccc2F)n1)N1CCOC1=O. The van der Waals surface area contributed by atoms with Crippen molar-refractivity contribution in [3.63, 3.8) is 0 Å². The number of nitrogens with one attached hydrogen (secondary N) is 1. The number of halogens is 1. The predicted octanol–water partition coefficient (Wildman–Crippen LogP) is 1.68. The largest absolute Gasteiger partial charge is 0.447 e. The van der Waals surface area contributed by atoms with Crippen LogP contribution in [0.3, 0.4) is 0 Å². The highest BCUT2D eigenvalue weighted by atomic mass is 32.2. The third-order valence-corrected chi connectivity index (χ3v) is 3.81. The molecule has 1 aromatic carbocycles. The van der Waals surface area contributed by atoms with Gasteiger partial charge in [-0.2, -0.15) is 0 Å². The highest BCUT2D eigenvalue weighted by Gasteiger charge is 2.28. The fraction of sp³-hybridized carbons (Fsp3) is 0.231. The number of aromatic amines is 1. The van der Waals surface area contributed by atoms with Crippen molar-refractivity contribution in [1.29, 1.82) is 0 Å². The van der Waals surface area contributed by atoms with Gasteiger partial charge in [0.2, 0.25) is 11.1 Å². The van der Waals surface area contributed by atoms with Crippen molar-refractivity contribution in [2.75, 3.05) is 18.9 Å². The Balaban J connectivity index is 1.64. The molecule has 1 aromatic heterocycles. The van der Waals surface area contributed by atoms with E-state index in [0.717, 1.165) is 16.7 Å². The van der Waals surface area contributed by atoms with Gasteiger partial charge in [0.05, 0.1) is 17.9 Å². The van der Waals surface area contributed by atoms with E-state index in [1.165, 1.54) is 6.07 Å². The van der Waals surface area contributed by atoms with Gasteiger partial charge in [0.25, 0.3) is 0 Å². The van der Waals surface area contributed by atoms with Gasteiger partial charge in [0.15, 0.2) is 5.82 Å². The van der Waals surface area contributed by atoms with Crippen molar-refractivity contribution < 1.29 is 18.7 Å². The summed E-state index contributed by atoms with van der Waals surface area (Å²) in [6.45, 7) is 0.472. The molecule has 2 amide bonds. The number of imide groups is 1. The molecule has 7 nitrogen and oxygen atoms in total. The first-order valence-corrected chi connectivity index (χ1v) is 7.41. The number of thioether (sulfide) groups is 1. The number of rotatable bonds is 4. The summed E-state index contributed by atoms with van der Waals surface area (Å²) in [5, 5.41) is 6.86. The molecule has 1 fully saturated rings. The molecule has 0 atom stereocenters. The summed E-state index contributed by atoms with van der Waals surface area (Å²) in [7, 11) is 0. The zero-order chi connectivity index (χ0) is 15.5. The van der Waals surface area contributed by atoms with Crippen LogP contribution in [0.2, 0.25) is 0 Å².